The maximum absolute atomic E-state index is 11.9. The van der Waals surface area contributed by atoms with E-state index in [0.717, 1.165) is 12.1 Å². The van der Waals surface area contributed by atoms with Gasteiger partial charge >= 0.3 is 6.61 Å². The summed E-state index contributed by atoms with van der Waals surface area (Å²) >= 11 is 16.3. The lowest BCUT2D eigenvalue weighted by Crippen LogP contribution is -2.03. The number of rotatable bonds is 3. The Kier molecular flexibility index (Phi) is 4.13. The zero-order valence-corrected chi connectivity index (χ0v) is 9.21. The molecule has 0 N–H and O–H groups in total. The van der Waals surface area contributed by atoms with Crippen LogP contribution in [0.2, 0.25) is 10.0 Å². The van der Waals surface area contributed by atoms with E-state index in [1.54, 1.807) is 0 Å². The lowest BCUT2D eigenvalue weighted by Gasteiger charge is -2.08. The summed E-state index contributed by atoms with van der Waals surface area (Å²) in [6.45, 7) is -3.04. The van der Waals surface area contributed by atoms with Gasteiger partial charge in [-0.05, 0) is 23.7 Å². The maximum Gasteiger partial charge on any atom is 0.387 e. The highest BCUT2D eigenvalue weighted by molar-refractivity contribution is 6.68. The van der Waals surface area contributed by atoms with E-state index in [-0.39, 0.29) is 21.4 Å². The van der Waals surface area contributed by atoms with Crippen LogP contribution < -0.4 is 4.74 Å². The van der Waals surface area contributed by atoms with Crippen LogP contribution in [-0.2, 0) is 0 Å². The van der Waals surface area contributed by atoms with Crippen LogP contribution in [0.15, 0.2) is 12.1 Å². The third-order valence-electron chi connectivity index (χ3n) is 1.45. The highest BCUT2D eigenvalue weighted by atomic mass is 35.5. The Labute approximate surface area is 98.7 Å². The second-order valence-corrected chi connectivity index (χ2v) is 3.57. The summed E-state index contributed by atoms with van der Waals surface area (Å²) in [4.78, 5) is 10.8. The summed E-state index contributed by atoms with van der Waals surface area (Å²) in [6, 6.07) is 2.07. The van der Waals surface area contributed by atoms with Gasteiger partial charge in [-0.3, -0.25) is 4.79 Å². The smallest absolute Gasteiger partial charge is 0.387 e. The molecule has 0 aromatic heterocycles. The van der Waals surface area contributed by atoms with Gasteiger partial charge in [0.1, 0.15) is 5.75 Å². The van der Waals surface area contributed by atoms with Crippen molar-refractivity contribution in [3.05, 3.63) is 27.7 Å². The largest absolute Gasteiger partial charge is 0.433 e. The first kappa shape index (κ1) is 12.5. The standard InChI is InChI=1S/C8H3Cl3F2O2/c9-4-2-5(10)6(15-8(12)13)1-3(4)7(11)14/h1-2,8H. The van der Waals surface area contributed by atoms with Crippen molar-refractivity contribution < 1.29 is 18.3 Å². The lowest BCUT2D eigenvalue weighted by molar-refractivity contribution is -0.0498. The first-order valence-corrected chi connectivity index (χ1v) is 4.69. The highest BCUT2D eigenvalue weighted by Gasteiger charge is 2.15. The molecule has 0 heterocycles. The van der Waals surface area contributed by atoms with Gasteiger partial charge in [-0.1, -0.05) is 23.2 Å². The van der Waals surface area contributed by atoms with Crippen molar-refractivity contribution in [2.75, 3.05) is 0 Å². The van der Waals surface area contributed by atoms with Crippen LogP contribution in [0.3, 0.4) is 0 Å². The number of hydrogen-bond donors (Lipinski definition) is 0. The van der Waals surface area contributed by atoms with Crippen LogP contribution in [0.25, 0.3) is 0 Å². The maximum atomic E-state index is 11.9. The number of benzene rings is 1. The fraction of sp³-hybridized carbons (Fsp3) is 0.125. The molecule has 0 atom stereocenters. The minimum Gasteiger partial charge on any atom is -0.433 e. The number of carbonyl (C=O) groups is 1. The van der Waals surface area contributed by atoms with E-state index in [0.29, 0.717) is 0 Å². The molecule has 0 amide bonds. The number of alkyl halides is 2. The van der Waals surface area contributed by atoms with Gasteiger partial charge in [0.15, 0.2) is 0 Å². The topological polar surface area (TPSA) is 26.3 Å². The van der Waals surface area contributed by atoms with E-state index in [9.17, 15) is 13.6 Å². The quantitative estimate of drug-likeness (QED) is 0.780. The number of hydrogen-bond acceptors (Lipinski definition) is 2. The summed E-state index contributed by atoms with van der Waals surface area (Å²) in [6.07, 6.45) is 0. The van der Waals surface area contributed by atoms with Crippen LogP contribution in [0.5, 0.6) is 5.75 Å². The molecular weight excluding hydrogens is 272 g/mol. The van der Waals surface area contributed by atoms with E-state index >= 15 is 0 Å². The Balaban J connectivity index is 3.17. The van der Waals surface area contributed by atoms with Gasteiger partial charge in [-0.15, -0.1) is 0 Å². The molecule has 0 aliphatic heterocycles. The van der Waals surface area contributed by atoms with E-state index in [4.69, 9.17) is 34.8 Å². The van der Waals surface area contributed by atoms with E-state index in [1.807, 2.05) is 0 Å². The van der Waals surface area contributed by atoms with Crippen molar-refractivity contribution >= 4 is 40.0 Å². The molecular formula is C8H3Cl3F2O2. The molecule has 1 aromatic rings. The Hall–Kier alpha value is -0.580. The molecule has 0 aliphatic rings. The Bertz CT molecular complexity index is 396. The second-order valence-electron chi connectivity index (χ2n) is 2.41. The van der Waals surface area contributed by atoms with Crippen LogP contribution >= 0.6 is 34.8 Å². The Morgan fingerprint density at radius 1 is 1.27 bits per heavy atom. The van der Waals surface area contributed by atoms with Gasteiger partial charge in [0.2, 0.25) is 0 Å². The molecule has 7 heteroatoms. The summed E-state index contributed by atoms with van der Waals surface area (Å²) in [5, 5.41) is -1.03. The Morgan fingerprint density at radius 2 is 1.87 bits per heavy atom. The average Bonchev–Trinajstić information content (AvgIpc) is 2.08. The second kappa shape index (κ2) is 4.96. The van der Waals surface area contributed by atoms with Crippen LogP contribution in [0, 0.1) is 0 Å². The summed E-state index contributed by atoms with van der Waals surface area (Å²) in [5.74, 6) is -0.347. The average molecular weight is 275 g/mol. The zero-order valence-electron chi connectivity index (χ0n) is 6.94. The van der Waals surface area contributed by atoms with Gasteiger partial charge in [-0.25, -0.2) is 0 Å². The third-order valence-corrected chi connectivity index (χ3v) is 2.26. The molecule has 0 aliphatic carbocycles. The lowest BCUT2D eigenvalue weighted by atomic mass is 10.2. The molecule has 0 saturated carbocycles. The molecule has 0 saturated heterocycles. The summed E-state index contributed by atoms with van der Waals surface area (Å²) in [7, 11) is 0. The van der Waals surface area contributed by atoms with Gasteiger partial charge < -0.3 is 4.74 Å². The first-order chi connectivity index (χ1) is 6.91. The van der Waals surface area contributed by atoms with Crippen molar-refractivity contribution in [3.8, 4) is 5.75 Å². The van der Waals surface area contributed by atoms with Crippen molar-refractivity contribution in [2.24, 2.45) is 0 Å². The monoisotopic (exact) mass is 274 g/mol. The molecule has 0 spiro atoms. The SMILES string of the molecule is O=C(Cl)c1cc(OC(F)F)c(Cl)cc1Cl. The minimum atomic E-state index is -3.04. The molecule has 0 unspecified atom stereocenters. The fourth-order valence-corrected chi connectivity index (χ4v) is 1.58. The predicted molar refractivity (Wildman–Crippen MR) is 53.3 cm³/mol. The molecule has 0 fully saturated rings. The van der Waals surface area contributed by atoms with Crippen molar-refractivity contribution in [1.29, 1.82) is 0 Å². The number of carbonyl (C=O) groups excluding carboxylic acids is 1. The number of halogens is 5. The van der Waals surface area contributed by atoms with Crippen LogP contribution in [0.4, 0.5) is 8.78 Å². The van der Waals surface area contributed by atoms with Crippen molar-refractivity contribution in [3.63, 3.8) is 0 Å². The summed E-state index contributed by atoms with van der Waals surface area (Å²) in [5.41, 5.74) is -0.140. The Morgan fingerprint density at radius 3 is 2.33 bits per heavy atom. The van der Waals surface area contributed by atoms with Crippen LogP contribution in [0.1, 0.15) is 10.4 Å². The van der Waals surface area contributed by atoms with Gasteiger partial charge in [0.05, 0.1) is 15.6 Å². The normalized spacial score (nSPS) is 10.5. The molecule has 15 heavy (non-hydrogen) atoms. The van der Waals surface area contributed by atoms with Crippen molar-refractivity contribution in [1.82, 2.24) is 0 Å². The summed E-state index contributed by atoms with van der Waals surface area (Å²) < 4.78 is 27.9. The molecule has 1 rings (SSSR count). The molecule has 0 radical (unpaired) electrons. The van der Waals surface area contributed by atoms with Gasteiger partial charge in [0.25, 0.3) is 5.24 Å². The molecule has 82 valence electrons. The first-order valence-electron chi connectivity index (χ1n) is 3.55. The highest BCUT2D eigenvalue weighted by Crippen LogP contribution is 2.32. The van der Waals surface area contributed by atoms with Crippen LogP contribution in [-0.4, -0.2) is 11.9 Å². The third kappa shape index (κ3) is 3.19. The van der Waals surface area contributed by atoms with E-state index in [2.05, 4.69) is 4.74 Å². The van der Waals surface area contributed by atoms with Gasteiger partial charge in [-0.2, -0.15) is 8.78 Å². The predicted octanol–water partition coefficient (Wildman–Crippen LogP) is 3.97. The fourth-order valence-electron chi connectivity index (χ4n) is 0.866. The molecule has 2 nitrogen and oxygen atoms in total. The molecule has 0 bridgehead atoms. The number of ether oxygens (including phenoxy) is 1. The van der Waals surface area contributed by atoms with Crippen molar-refractivity contribution in [2.45, 2.75) is 6.61 Å². The van der Waals surface area contributed by atoms with Gasteiger partial charge in [0, 0.05) is 0 Å². The molecule has 1 aromatic carbocycles. The van der Waals surface area contributed by atoms with E-state index in [1.165, 1.54) is 0 Å². The van der Waals surface area contributed by atoms with E-state index < -0.39 is 11.9 Å². The zero-order chi connectivity index (χ0) is 11.6. The minimum absolute atomic E-state index is 0.0263.